The molecule has 3 heteroatoms. The summed E-state index contributed by atoms with van der Waals surface area (Å²) in [6.45, 7) is 2.75. The molecular weight excluding hydrogens is 202 g/mol. The van der Waals surface area contributed by atoms with Gasteiger partial charge in [0.15, 0.2) is 5.78 Å². The fraction of sp³-hybridized carbons (Fsp3) is 0.462. The molecule has 1 aromatic rings. The Morgan fingerprint density at radius 2 is 2.19 bits per heavy atom. The first-order valence-corrected chi connectivity index (χ1v) is 5.52. The predicted octanol–water partition coefficient (Wildman–Crippen LogP) is 1.89. The van der Waals surface area contributed by atoms with Gasteiger partial charge in [0, 0.05) is 13.0 Å². The van der Waals surface area contributed by atoms with E-state index in [4.69, 9.17) is 4.74 Å². The summed E-state index contributed by atoms with van der Waals surface area (Å²) >= 11 is 0. The van der Waals surface area contributed by atoms with E-state index in [1.165, 1.54) is 0 Å². The van der Waals surface area contributed by atoms with Crippen molar-refractivity contribution >= 4 is 5.78 Å². The van der Waals surface area contributed by atoms with Crippen LogP contribution in [0.1, 0.15) is 22.3 Å². The van der Waals surface area contributed by atoms with Crippen molar-refractivity contribution in [3.05, 3.63) is 29.3 Å². The van der Waals surface area contributed by atoms with Gasteiger partial charge in [-0.1, -0.05) is 12.1 Å². The number of fused-ring (bicyclic) bond motifs is 1. The molecule has 0 bridgehead atoms. The van der Waals surface area contributed by atoms with Crippen LogP contribution in [0.15, 0.2) is 18.2 Å². The number of aryl methyl sites for hydroxylation is 1. The SMILES string of the molecule is Cc1cccc2c1O[C@H](CN(C)C)CC2=O. The number of rotatable bonds is 2. The highest BCUT2D eigenvalue weighted by molar-refractivity contribution is 6.00. The molecule has 0 aromatic heterocycles. The van der Waals surface area contributed by atoms with Gasteiger partial charge in [0.25, 0.3) is 0 Å². The van der Waals surface area contributed by atoms with E-state index in [-0.39, 0.29) is 11.9 Å². The summed E-state index contributed by atoms with van der Waals surface area (Å²) in [5.41, 5.74) is 1.77. The summed E-state index contributed by atoms with van der Waals surface area (Å²) in [6, 6.07) is 5.72. The Kier molecular flexibility index (Phi) is 2.97. The highest BCUT2D eigenvalue weighted by Gasteiger charge is 2.27. The monoisotopic (exact) mass is 219 g/mol. The lowest BCUT2D eigenvalue weighted by molar-refractivity contribution is 0.0805. The molecule has 1 aromatic carbocycles. The normalized spacial score (nSPS) is 19.5. The summed E-state index contributed by atoms with van der Waals surface area (Å²) < 4.78 is 5.88. The number of carbonyl (C=O) groups excluding carboxylic acids is 1. The molecule has 1 atom stereocenters. The van der Waals surface area contributed by atoms with E-state index >= 15 is 0 Å². The van der Waals surface area contributed by atoms with Crippen molar-refractivity contribution in [2.75, 3.05) is 20.6 Å². The Balaban J connectivity index is 2.28. The number of likely N-dealkylation sites (N-methyl/N-ethyl adjacent to an activating group) is 1. The van der Waals surface area contributed by atoms with Crippen LogP contribution in [-0.4, -0.2) is 37.4 Å². The van der Waals surface area contributed by atoms with Gasteiger partial charge in [-0.05, 0) is 32.6 Å². The van der Waals surface area contributed by atoms with Crippen LogP contribution in [0.4, 0.5) is 0 Å². The molecule has 0 spiro atoms. The van der Waals surface area contributed by atoms with Crippen LogP contribution in [-0.2, 0) is 0 Å². The maximum absolute atomic E-state index is 11.9. The van der Waals surface area contributed by atoms with Crippen molar-refractivity contribution in [2.45, 2.75) is 19.4 Å². The number of hydrogen-bond donors (Lipinski definition) is 0. The maximum atomic E-state index is 11.9. The molecule has 0 N–H and O–H groups in total. The molecular formula is C13H17NO2. The van der Waals surface area contributed by atoms with Gasteiger partial charge in [-0.3, -0.25) is 4.79 Å². The lowest BCUT2D eigenvalue weighted by atomic mass is 9.98. The van der Waals surface area contributed by atoms with Gasteiger partial charge >= 0.3 is 0 Å². The van der Waals surface area contributed by atoms with Crippen molar-refractivity contribution in [1.82, 2.24) is 4.90 Å². The molecule has 0 saturated heterocycles. The standard InChI is InChI=1S/C13H17NO2/c1-9-5-4-6-11-12(15)7-10(8-14(2)3)16-13(9)11/h4-6,10H,7-8H2,1-3H3/t10-/m0/s1. The molecule has 0 saturated carbocycles. The number of benzene rings is 1. The van der Waals surface area contributed by atoms with Crippen molar-refractivity contribution in [3.63, 3.8) is 0 Å². The second kappa shape index (κ2) is 4.26. The van der Waals surface area contributed by atoms with E-state index in [0.717, 1.165) is 23.4 Å². The molecule has 0 fully saturated rings. The molecule has 1 aliphatic rings. The fourth-order valence-electron chi connectivity index (χ4n) is 2.06. The van der Waals surface area contributed by atoms with Crippen LogP contribution in [0.25, 0.3) is 0 Å². The van der Waals surface area contributed by atoms with E-state index < -0.39 is 0 Å². The molecule has 0 aliphatic carbocycles. The zero-order valence-electron chi connectivity index (χ0n) is 9.99. The molecule has 0 unspecified atom stereocenters. The molecule has 0 amide bonds. The first-order valence-electron chi connectivity index (χ1n) is 5.52. The third kappa shape index (κ3) is 2.09. The molecule has 86 valence electrons. The van der Waals surface area contributed by atoms with Gasteiger partial charge in [0.1, 0.15) is 11.9 Å². The largest absolute Gasteiger partial charge is 0.488 e. The van der Waals surface area contributed by atoms with Gasteiger partial charge in [-0.25, -0.2) is 0 Å². The van der Waals surface area contributed by atoms with Crippen molar-refractivity contribution in [1.29, 1.82) is 0 Å². The van der Waals surface area contributed by atoms with Gasteiger partial charge in [0.2, 0.25) is 0 Å². The number of Topliss-reactive ketones (excluding diaryl/α,β-unsaturated/α-hetero) is 1. The molecule has 1 aliphatic heterocycles. The zero-order valence-corrected chi connectivity index (χ0v) is 9.99. The molecule has 2 rings (SSSR count). The Labute approximate surface area is 96.0 Å². The highest BCUT2D eigenvalue weighted by Crippen LogP contribution is 2.30. The van der Waals surface area contributed by atoms with Crippen LogP contribution in [0.5, 0.6) is 5.75 Å². The average molecular weight is 219 g/mol. The summed E-state index contributed by atoms with van der Waals surface area (Å²) in [7, 11) is 3.97. The van der Waals surface area contributed by atoms with E-state index in [1.54, 1.807) is 0 Å². The molecule has 1 heterocycles. The summed E-state index contributed by atoms with van der Waals surface area (Å²) in [5, 5.41) is 0. The van der Waals surface area contributed by atoms with Crippen molar-refractivity contribution < 1.29 is 9.53 Å². The van der Waals surface area contributed by atoms with Crippen LogP contribution < -0.4 is 4.74 Å². The number of carbonyl (C=O) groups is 1. The third-order valence-electron chi connectivity index (χ3n) is 2.78. The third-order valence-corrected chi connectivity index (χ3v) is 2.78. The lowest BCUT2D eigenvalue weighted by Crippen LogP contribution is -2.36. The lowest BCUT2D eigenvalue weighted by Gasteiger charge is -2.28. The molecule has 16 heavy (non-hydrogen) atoms. The van der Waals surface area contributed by atoms with Crippen LogP contribution in [0.3, 0.4) is 0 Å². The number of ketones is 1. The minimum absolute atomic E-state index is 0.0175. The topological polar surface area (TPSA) is 29.5 Å². The number of para-hydroxylation sites is 1. The Bertz CT molecular complexity index is 412. The minimum Gasteiger partial charge on any atom is -0.488 e. The highest BCUT2D eigenvalue weighted by atomic mass is 16.5. The Morgan fingerprint density at radius 3 is 2.88 bits per heavy atom. The first-order chi connectivity index (χ1) is 7.58. The Morgan fingerprint density at radius 1 is 1.44 bits per heavy atom. The van der Waals surface area contributed by atoms with E-state index in [2.05, 4.69) is 0 Å². The first kappa shape index (κ1) is 11.1. The second-order valence-corrected chi connectivity index (χ2v) is 4.58. The predicted molar refractivity (Wildman–Crippen MR) is 63.1 cm³/mol. The van der Waals surface area contributed by atoms with E-state index in [9.17, 15) is 4.79 Å². The fourth-order valence-corrected chi connectivity index (χ4v) is 2.06. The smallest absolute Gasteiger partial charge is 0.170 e. The Hall–Kier alpha value is -1.35. The van der Waals surface area contributed by atoms with Crippen molar-refractivity contribution in [3.8, 4) is 5.75 Å². The summed E-state index contributed by atoms with van der Waals surface area (Å²) in [6.07, 6.45) is 0.463. The quantitative estimate of drug-likeness (QED) is 0.760. The number of nitrogens with zero attached hydrogens (tertiary/aromatic N) is 1. The molecule has 0 radical (unpaired) electrons. The van der Waals surface area contributed by atoms with Crippen molar-refractivity contribution in [2.24, 2.45) is 0 Å². The summed E-state index contributed by atoms with van der Waals surface area (Å²) in [5.74, 6) is 0.961. The molecule has 3 nitrogen and oxygen atoms in total. The number of hydrogen-bond acceptors (Lipinski definition) is 3. The van der Waals surface area contributed by atoms with Gasteiger partial charge in [-0.15, -0.1) is 0 Å². The minimum atomic E-state index is -0.0175. The van der Waals surface area contributed by atoms with Crippen LogP contribution in [0.2, 0.25) is 0 Å². The average Bonchev–Trinajstić information content (AvgIpc) is 2.19. The van der Waals surface area contributed by atoms with Gasteiger partial charge < -0.3 is 9.64 Å². The van der Waals surface area contributed by atoms with E-state index in [0.29, 0.717) is 6.42 Å². The van der Waals surface area contributed by atoms with Crippen LogP contribution in [0, 0.1) is 6.92 Å². The van der Waals surface area contributed by atoms with Crippen LogP contribution >= 0.6 is 0 Å². The second-order valence-electron chi connectivity index (χ2n) is 4.58. The van der Waals surface area contributed by atoms with Gasteiger partial charge in [-0.2, -0.15) is 0 Å². The maximum Gasteiger partial charge on any atom is 0.170 e. The van der Waals surface area contributed by atoms with E-state index in [1.807, 2.05) is 44.1 Å². The zero-order chi connectivity index (χ0) is 11.7. The van der Waals surface area contributed by atoms with Gasteiger partial charge in [0.05, 0.1) is 5.56 Å². The number of ether oxygens (including phenoxy) is 1. The summed E-state index contributed by atoms with van der Waals surface area (Å²) in [4.78, 5) is 14.0.